The Labute approximate surface area is 197 Å². The summed E-state index contributed by atoms with van der Waals surface area (Å²) >= 11 is 1.28. The van der Waals surface area contributed by atoms with Crippen molar-refractivity contribution in [3.8, 4) is 5.75 Å². The number of aryl methyl sites for hydroxylation is 2. The summed E-state index contributed by atoms with van der Waals surface area (Å²) in [4.78, 5) is 35.3. The number of benzene rings is 1. The van der Waals surface area contributed by atoms with Crippen molar-refractivity contribution in [1.29, 1.82) is 0 Å². The third-order valence-corrected chi connectivity index (χ3v) is 7.00. The fourth-order valence-electron chi connectivity index (χ4n) is 4.31. The van der Waals surface area contributed by atoms with Gasteiger partial charge in [-0.15, -0.1) is 11.3 Å². The Bertz CT molecular complexity index is 1060. The van der Waals surface area contributed by atoms with Crippen LogP contribution in [0, 0.1) is 13.8 Å². The third-order valence-electron chi connectivity index (χ3n) is 5.93. The maximum atomic E-state index is 13.6. The molecule has 1 aromatic carbocycles. The Kier molecular flexibility index (Phi) is 7.11. The van der Waals surface area contributed by atoms with Gasteiger partial charge in [-0.2, -0.15) is 0 Å². The summed E-state index contributed by atoms with van der Waals surface area (Å²) < 4.78 is 11.0. The van der Waals surface area contributed by atoms with Gasteiger partial charge < -0.3 is 19.5 Å². The minimum absolute atomic E-state index is 0.109. The van der Waals surface area contributed by atoms with Gasteiger partial charge in [-0.25, -0.2) is 4.98 Å². The van der Waals surface area contributed by atoms with Crippen LogP contribution in [0.15, 0.2) is 35.6 Å². The molecule has 1 aromatic heterocycles. The second-order valence-electron chi connectivity index (χ2n) is 8.10. The van der Waals surface area contributed by atoms with Crippen LogP contribution in [0.1, 0.15) is 38.9 Å². The van der Waals surface area contributed by atoms with Crippen LogP contribution in [0.25, 0.3) is 0 Å². The van der Waals surface area contributed by atoms with E-state index >= 15 is 0 Å². The van der Waals surface area contributed by atoms with Gasteiger partial charge in [0, 0.05) is 26.2 Å². The Morgan fingerprint density at radius 2 is 1.91 bits per heavy atom. The lowest BCUT2D eigenvalue weighted by molar-refractivity contribution is -0.129. The normalized spacial score (nSPS) is 19.4. The molecule has 2 aromatic rings. The van der Waals surface area contributed by atoms with E-state index in [1.165, 1.54) is 11.3 Å². The summed E-state index contributed by atoms with van der Waals surface area (Å²) in [5.74, 6) is -0.646. The number of ketones is 1. The van der Waals surface area contributed by atoms with Gasteiger partial charge in [0.25, 0.3) is 5.91 Å². The first-order valence-electron chi connectivity index (χ1n) is 11.2. The lowest BCUT2D eigenvalue weighted by Crippen LogP contribution is -2.43. The van der Waals surface area contributed by atoms with Crippen molar-refractivity contribution in [3.05, 3.63) is 56.7 Å². The molecule has 0 aliphatic carbocycles. The van der Waals surface area contributed by atoms with Crippen LogP contribution in [-0.4, -0.2) is 77.6 Å². The third kappa shape index (κ3) is 4.80. The maximum Gasteiger partial charge on any atom is 0.290 e. The summed E-state index contributed by atoms with van der Waals surface area (Å²) in [6.45, 7) is 9.99. The van der Waals surface area contributed by atoms with E-state index in [2.05, 4.69) is 9.88 Å². The average molecular weight is 472 g/mol. The molecule has 2 aliphatic rings. The molecule has 0 spiro atoms. The van der Waals surface area contributed by atoms with Crippen LogP contribution in [0.3, 0.4) is 0 Å². The number of rotatable bonds is 8. The number of morpholine rings is 1. The first-order valence-corrected chi connectivity index (χ1v) is 12.0. The summed E-state index contributed by atoms with van der Waals surface area (Å²) in [5.41, 5.74) is 1.46. The van der Waals surface area contributed by atoms with E-state index in [-0.39, 0.29) is 11.4 Å². The van der Waals surface area contributed by atoms with Crippen LogP contribution in [0.5, 0.6) is 5.75 Å². The van der Waals surface area contributed by atoms with Crippen molar-refractivity contribution in [2.45, 2.75) is 26.8 Å². The molecular weight excluding hydrogens is 442 g/mol. The fraction of sp³-hybridized carbons (Fsp3) is 0.458. The van der Waals surface area contributed by atoms with Crippen LogP contribution in [-0.2, 0) is 9.53 Å². The standard InChI is InChI=1S/C24H29N3O5S/c1-4-32-18-7-5-17(6-8-18)20-19(21(28)23-15(2)25-16(3)33-23)22(29)24(30)27(20)10-9-26-11-13-31-14-12-26/h5-8,20,29H,4,9-14H2,1-3H3/t20-/m1/s1. The molecule has 0 radical (unpaired) electrons. The monoisotopic (exact) mass is 471 g/mol. The molecule has 8 nitrogen and oxygen atoms in total. The van der Waals surface area contributed by atoms with Gasteiger partial charge in [0.15, 0.2) is 5.76 Å². The van der Waals surface area contributed by atoms with E-state index in [1.807, 2.05) is 38.1 Å². The van der Waals surface area contributed by atoms with Crippen molar-refractivity contribution in [3.63, 3.8) is 0 Å². The lowest BCUT2D eigenvalue weighted by Gasteiger charge is -2.31. The van der Waals surface area contributed by atoms with Gasteiger partial charge in [-0.3, -0.25) is 14.5 Å². The second-order valence-corrected chi connectivity index (χ2v) is 9.30. The van der Waals surface area contributed by atoms with Gasteiger partial charge in [0.2, 0.25) is 5.78 Å². The van der Waals surface area contributed by atoms with Crippen molar-refractivity contribution in [1.82, 2.24) is 14.8 Å². The number of nitrogens with zero attached hydrogens (tertiary/aromatic N) is 3. The van der Waals surface area contributed by atoms with Crippen LogP contribution >= 0.6 is 11.3 Å². The van der Waals surface area contributed by atoms with E-state index in [9.17, 15) is 14.7 Å². The Morgan fingerprint density at radius 3 is 2.52 bits per heavy atom. The van der Waals surface area contributed by atoms with E-state index < -0.39 is 17.7 Å². The molecule has 1 fully saturated rings. The second kappa shape index (κ2) is 10.0. The Hall–Kier alpha value is -2.75. The van der Waals surface area contributed by atoms with Crippen LogP contribution in [0.4, 0.5) is 0 Å². The smallest absolute Gasteiger partial charge is 0.290 e. The van der Waals surface area contributed by atoms with Crippen molar-refractivity contribution >= 4 is 23.0 Å². The first-order chi connectivity index (χ1) is 15.9. The minimum Gasteiger partial charge on any atom is -0.503 e. The lowest BCUT2D eigenvalue weighted by atomic mass is 9.95. The van der Waals surface area contributed by atoms with E-state index in [0.717, 1.165) is 23.7 Å². The number of carbonyl (C=O) groups excluding carboxylic acids is 2. The van der Waals surface area contributed by atoms with Gasteiger partial charge in [-0.1, -0.05) is 12.1 Å². The molecule has 33 heavy (non-hydrogen) atoms. The SMILES string of the molecule is CCOc1ccc([C@@H]2C(C(=O)c3sc(C)nc3C)=C(O)C(=O)N2CCN2CCOCC2)cc1. The molecule has 0 unspecified atom stereocenters. The molecule has 2 aliphatic heterocycles. The molecular formula is C24H29N3O5S. The van der Waals surface area contributed by atoms with E-state index in [1.54, 1.807) is 11.8 Å². The average Bonchev–Trinajstić information content (AvgIpc) is 3.28. The number of ether oxygens (including phenoxy) is 2. The molecule has 3 heterocycles. The highest BCUT2D eigenvalue weighted by Gasteiger charge is 2.44. The number of aliphatic hydroxyl groups excluding tert-OH is 1. The molecule has 1 amide bonds. The molecule has 0 saturated carbocycles. The number of carbonyl (C=O) groups is 2. The summed E-state index contributed by atoms with van der Waals surface area (Å²) in [5, 5.41) is 11.6. The van der Waals surface area contributed by atoms with Crippen molar-refractivity contribution in [2.24, 2.45) is 0 Å². The molecule has 1 saturated heterocycles. The van der Waals surface area contributed by atoms with Crippen LogP contribution < -0.4 is 4.74 Å². The molecule has 176 valence electrons. The molecule has 1 atom stereocenters. The number of amides is 1. The highest BCUT2D eigenvalue weighted by atomic mass is 32.1. The zero-order valence-corrected chi connectivity index (χ0v) is 20.0. The first kappa shape index (κ1) is 23.4. The molecule has 9 heteroatoms. The predicted octanol–water partition coefficient (Wildman–Crippen LogP) is 3.07. The number of thiazole rings is 1. The summed E-state index contributed by atoms with van der Waals surface area (Å²) in [7, 11) is 0. The fourth-order valence-corrected chi connectivity index (χ4v) is 5.19. The van der Waals surface area contributed by atoms with Gasteiger partial charge in [0.1, 0.15) is 5.75 Å². The number of aliphatic hydroxyl groups is 1. The van der Waals surface area contributed by atoms with Gasteiger partial charge >= 0.3 is 0 Å². The maximum absolute atomic E-state index is 13.6. The number of aromatic nitrogens is 1. The van der Waals surface area contributed by atoms with Crippen molar-refractivity contribution in [2.75, 3.05) is 46.0 Å². The van der Waals surface area contributed by atoms with E-state index in [0.29, 0.717) is 49.2 Å². The molecule has 4 rings (SSSR count). The van der Waals surface area contributed by atoms with Gasteiger partial charge in [0.05, 0.1) is 47.0 Å². The highest BCUT2D eigenvalue weighted by molar-refractivity contribution is 7.14. The number of hydrogen-bond donors (Lipinski definition) is 1. The van der Waals surface area contributed by atoms with Crippen LogP contribution in [0.2, 0.25) is 0 Å². The predicted molar refractivity (Wildman–Crippen MR) is 125 cm³/mol. The zero-order chi connectivity index (χ0) is 23.5. The zero-order valence-electron chi connectivity index (χ0n) is 19.2. The molecule has 1 N–H and O–H groups in total. The van der Waals surface area contributed by atoms with E-state index in [4.69, 9.17) is 9.47 Å². The number of Topliss-reactive ketones (excluding diaryl/α,β-unsaturated/α-hetero) is 1. The highest BCUT2D eigenvalue weighted by Crippen LogP contribution is 2.40. The number of hydrogen-bond acceptors (Lipinski definition) is 8. The Morgan fingerprint density at radius 1 is 1.21 bits per heavy atom. The summed E-state index contributed by atoms with van der Waals surface area (Å²) in [6, 6.07) is 6.66. The summed E-state index contributed by atoms with van der Waals surface area (Å²) in [6.07, 6.45) is 0. The topological polar surface area (TPSA) is 92.2 Å². The largest absolute Gasteiger partial charge is 0.503 e. The minimum atomic E-state index is -0.677. The Balaban J connectivity index is 1.68. The van der Waals surface area contributed by atoms with Gasteiger partial charge in [-0.05, 0) is 38.5 Å². The molecule has 0 bridgehead atoms. The van der Waals surface area contributed by atoms with Crippen molar-refractivity contribution < 1.29 is 24.2 Å². The quantitative estimate of drug-likeness (QED) is 0.592.